The van der Waals surface area contributed by atoms with Crippen molar-refractivity contribution in [2.75, 3.05) is 13.7 Å². The molecule has 1 N–H and O–H groups in total. The fraction of sp³-hybridized carbons (Fsp3) is 0.706. The molecular weight excluding hydrogens is 298 g/mol. The van der Waals surface area contributed by atoms with Crippen LogP contribution in [0.3, 0.4) is 0 Å². The van der Waals surface area contributed by atoms with Crippen LogP contribution < -0.4 is 10.1 Å². The molecule has 0 unspecified atom stereocenters. The molecule has 0 radical (unpaired) electrons. The molecule has 0 bridgehead atoms. The minimum Gasteiger partial charge on any atom is -0.495 e. The summed E-state index contributed by atoms with van der Waals surface area (Å²) in [6, 6.07) is 2.17. The molecule has 3 rings (SSSR count). The van der Waals surface area contributed by atoms with E-state index in [0.29, 0.717) is 16.7 Å². The third-order valence-corrected chi connectivity index (χ3v) is 6.27. The smallest absolute Gasteiger partial charge is 0.265 e. The normalized spacial score (nSPS) is 26.0. The Bertz CT molecular complexity index is 548. The summed E-state index contributed by atoms with van der Waals surface area (Å²) in [4.78, 5) is 14.4. The molecule has 1 spiro atoms. The second kappa shape index (κ2) is 6.20. The minimum absolute atomic E-state index is 0.00109. The topological polar surface area (TPSA) is 47.6 Å². The third kappa shape index (κ3) is 2.54. The SMILES string of the molecule is CCO[C@H]1C[C@@H](NC(=O)c2sc(C)cc2OC)C12CCCC2. The predicted octanol–water partition coefficient (Wildman–Crippen LogP) is 3.53. The van der Waals surface area contributed by atoms with Crippen molar-refractivity contribution in [1.82, 2.24) is 5.32 Å². The molecule has 1 aromatic rings. The van der Waals surface area contributed by atoms with E-state index in [4.69, 9.17) is 9.47 Å². The van der Waals surface area contributed by atoms with E-state index in [9.17, 15) is 4.79 Å². The Kier molecular flexibility index (Phi) is 4.46. The highest BCUT2D eigenvalue weighted by atomic mass is 32.1. The zero-order chi connectivity index (χ0) is 15.7. The van der Waals surface area contributed by atoms with Crippen molar-refractivity contribution < 1.29 is 14.3 Å². The van der Waals surface area contributed by atoms with Gasteiger partial charge in [-0.2, -0.15) is 0 Å². The maximum Gasteiger partial charge on any atom is 0.265 e. The lowest BCUT2D eigenvalue weighted by Gasteiger charge is -2.54. The van der Waals surface area contributed by atoms with E-state index in [1.807, 2.05) is 19.9 Å². The molecule has 0 aromatic carbocycles. The highest BCUT2D eigenvalue weighted by Gasteiger charge is 2.57. The molecule has 22 heavy (non-hydrogen) atoms. The zero-order valence-electron chi connectivity index (χ0n) is 13.6. The van der Waals surface area contributed by atoms with Crippen LogP contribution in [0.5, 0.6) is 5.75 Å². The molecule has 2 fully saturated rings. The highest BCUT2D eigenvalue weighted by molar-refractivity contribution is 7.14. The van der Waals surface area contributed by atoms with E-state index in [-0.39, 0.29) is 17.4 Å². The number of carbonyl (C=O) groups excluding carboxylic acids is 1. The van der Waals surface area contributed by atoms with E-state index in [1.54, 1.807) is 7.11 Å². The van der Waals surface area contributed by atoms with E-state index in [0.717, 1.165) is 17.9 Å². The lowest BCUT2D eigenvalue weighted by Crippen LogP contribution is -2.63. The fourth-order valence-corrected chi connectivity index (χ4v) is 5.00. The summed E-state index contributed by atoms with van der Waals surface area (Å²) in [5, 5.41) is 3.25. The molecule has 1 amide bonds. The Morgan fingerprint density at radius 1 is 1.45 bits per heavy atom. The summed E-state index contributed by atoms with van der Waals surface area (Å²) in [6.07, 6.45) is 6.09. The van der Waals surface area contributed by atoms with E-state index in [2.05, 4.69) is 5.32 Å². The standard InChI is InChI=1S/C17H25NO3S/c1-4-21-14-10-13(17(14)7-5-6-8-17)18-16(19)15-12(20-3)9-11(2)22-15/h9,13-14H,4-8,10H2,1-3H3,(H,18,19)/t13-,14+/m1/s1. The van der Waals surface area contributed by atoms with E-state index >= 15 is 0 Å². The molecule has 2 saturated carbocycles. The summed E-state index contributed by atoms with van der Waals surface area (Å²) in [7, 11) is 1.62. The Morgan fingerprint density at radius 3 is 2.82 bits per heavy atom. The quantitative estimate of drug-likeness (QED) is 0.901. The van der Waals surface area contributed by atoms with Crippen LogP contribution in [0.2, 0.25) is 0 Å². The van der Waals surface area contributed by atoms with Crippen LogP contribution in [0, 0.1) is 12.3 Å². The van der Waals surface area contributed by atoms with Gasteiger partial charge in [-0.05, 0) is 39.2 Å². The molecule has 0 aliphatic heterocycles. The first kappa shape index (κ1) is 15.8. The summed E-state index contributed by atoms with van der Waals surface area (Å²) >= 11 is 1.50. The summed E-state index contributed by atoms with van der Waals surface area (Å²) in [5.41, 5.74) is 0.172. The van der Waals surface area contributed by atoms with Gasteiger partial charge in [-0.3, -0.25) is 4.79 Å². The lowest BCUT2D eigenvalue weighted by atomic mass is 9.60. The van der Waals surface area contributed by atoms with Gasteiger partial charge >= 0.3 is 0 Å². The Morgan fingerprint density at radius 2 is 2.18 bits per heavy atom. The van der Waals surface area contributed by atoms with Gasteiger partial charge in [-0.1, -0.05) is 12.8 Å². The Hall–Kier alpha value is -1.07. The van der Waals surface area contributed by atoms with Gasteiger partial charge < -0.3 is 14.8 Å². The van der Waals surface area contributed by atoms with Gasteiger partial charge in [0.05, 0.1) is 13.2 Å². The number of amides is 1. The predicted molar refractivity (Wildman–Crippen MR) is 87.8 cm³/mol. The summed E-state index contributed by atoms with van der Waals surface area (Å²) < 4.78 is 11.2. The molecule has 1 heterocycles. The van der Waals surface area contributed by atoms with E-state index in [1.165, 1.54) is 37.0 Å². The van der Waals surface area contributed by atoms with Crippen molar-refractivity contribution in [3.8, 4) is 5.75 Å². The van der Waals surface area contributed by atoms with Crippen LogP contribution in [0.15, 0.2) is 6.07 Å². The number of aryl methyl sites for hydroxylation is 1. The van der Waals surface area contributed by atoms with Crippen LogP contribution >= 0.6 is 11.3 Å². The largest absolute Gasteiger partial charge is 0.495 e. The summed E-state index contributed by atoms with van der Waals surface area (Å²) in [5.74, 6) is 0.683. The molecule has 2 atom stereocenters. The third-order valence-electron chi connectivity index (χ3n) is 5.24. The number of nitrogens with one attached hydrogen (secondary N) is 1. The number of hydrogen-bond acceptors (Lipinski definition) is 4. The van der Waals surface area contributed by atoms with Crippen LogP contribution in [0.1, 0.15) is 53.6 Å². The monoisotopic (exact) mass is 323 g/mol. The minimum atomic E-state index is 0.00109. The Balaban J connectivity index is 1.71. The zero-order valence-corrected chi connectivity index (χ0v) is 14.4. The number of ether oxygens (including phenoxy) is 2. The van der Waals surface area contributed by atoms with Gasteiger partial charge in [-0.15, -0.1) is 11.3 Å². The highest BCUT2D eigenvalue weighted by Crippen LogP contribution is 2.54. The molecule has 4 nitrogen and oxygen atoms in total. The molecule has 2 aliphatic rings. The van der Waals surface area contributed by atoms with Crippen molar-refractivity contribution in [3.05, 3.63) is 15.8 Å². The van der Waals surface area contributed by atoms with Crippen LogP contribution in [-0.2, 0) is 4.74 Å². The molecule has 5 heteroatoms. The van der Waals surface area contributed by atoms with Crippen LogP contribution in [0.25, 0.3) is 0 Å². The van der Waals surface area contributed by atoms with Crippen LogP contribution in [0.4, 0.5) is 0 Å². The number of hydrogen-bond donors (Lipinski definition) is 1. The Labute approximate surface area is 136 Å². The van der Waals surface area contributed by atoms with Crippen molar-refractivity contribution in [2.45, 2.75) is 58.1 Å². The molecule has 122 valence electrons. The van der Waals surface area contributed by atoms with Gasteiger partial charge in [0.15, 0.2) is 0 Å². The maximum absolute atomic E-state index is 12.6. The van der Waals surface area contributed by atoms with Gasteiger partial charge in [-0.25, -0.2) is 0 Å². The summed E-state index contributed by atoms with van der Waals surface area (Å²) in [6.45, 7) is 4.80. The van der Waals surface area contributed by atoms with Crippen molar-refractivity contribution >= 4 is 17.2 Å². The van der Waals surface area contributed by atoms with Crippen molar-refractivity contribution in [2.24, 2.45) is 5.41 Å². The first-order chi connectivity index (χ1) is 10.6. The number of carbonyl (C=O) groups is 1. The fourth-order valence-electron chi connectivity index (χ4n) is 4.11. The van der Waals surface area contributed by atoms with Gasteiger partial charge in [0.25, 0.3) is 5.91 Å². The van der Waals surface area contributed by atoms with Crippen molar-refractivity contribution in [3.63, 3.8) is 0 Å². The average Bonchev–Trinajstić information content (AvgIpc) is 3.14. The molecule has 2 aliphatic carbocycles. The number of thiophene rings is 1. The van der Waals surface area contributed by atoms with Gasteiger partial charge in [0, 0.05) is 22.9 Å². The van der Waals surface area contributed by atoms with Gasteiger partial charge in [0.2, 0.25) is 0 Å². The second-order valence-electron chi connectivity index (χ2n) is 6.40. The van der Waals surface area contributed by atoms with E-state index < -0.39 is 0 Å². The first-order valence-corrected chi connectivity index (χ1v) is 8.99. The second-order valence-corrected chi connectivity index (χ2v) is 7.66. The average molecular weight is 323 g/mol. The van der Waals surface area contributed by atoms with Crippen LogP contribution in [-0.4, -0.2) is 31.8 Å². The number of methoxy groups -OCH3 is 1. The maximum atomic E-state index is 12.6. The first-order valence-electron chi connectivity index (χ1n) is 8.17. The molecular formula is C17H25NO3S. The molecule has 1 aromatic heterocycles. The van der Waals surface area contributed by atoms with Gasteiger partial charge in [0.1, 0.15) is 10.6 Å². The number of rotatable bonds is 5. The molecule has 0 saturated heterocycles. The van der Waals surface area contributed by atoms with Crippen molar-refractivity contribution in [1.29, 1.82) is 0 Å². The lowest BCUT2D eigenvalue weighted by molar-refractivity contribution is -0.127.